The monoisotopic (exact) mass is 418 g/mol. The highest BCUT2D eigenvalue weighted by molar-refractivity contribution is 9.10. The first-order valence-electron chi connectivity index (χ1n) is 8.28. The van der Waals surface area contributed by atoms with Gasteiger partial charge in [-0.3, -0.25) is 4.79 Å². The zero-order chi connectivity index (χ0) is 18.1. The van der Waals surface area contributed by atoms with Crippen LogP contribution in [0.2, 0.25) is 0 Å². The standard InChI is InChI=1S/C17H16BrFN6O/c18-12-3-4-14(13(19)8-12)21-17(26)11-2-1-7-24(9-11)16-6-5-15-22-20-10-25(15)23-16/h3-6,8,10-11H,1-2,7,9H2,(H,21,26)/t11-/m0/s1. The number of rotatable bonds is 3. The van der Waals surface area contributed by atoms with Gasteiger partial charge in [0.05, 0.1) is 11.6 Å². The van der Waals surface area contributed by atoms with Crippen LogP contribution in [-0.4, -0.2) is 38.8 Å². The summed E-state index contributed by atoms with van der Waals surface area (Å²) in [7, 11) is 0. The smallest absolute Gasteiger partial charge is 0.229 e. The topological polar surface area (TPSA) is 75.4 Å². The van der Waals surface area contributed by atoms with Crippen LogP contribution in [0.4, 0.5) is 15.9 Å². The second-order valence-corrected chi connectivity index (χ2v) is 7.14. The van der Waals surface area contributed by atoms with Gasteiger partial charge in [-0.15, -0.1) is 15.3 Å². The Hall–Kier alpha value is -2.55. The lowest BCUT2D eigenvalue weighted by Crippen LogP contribution is -2.41. The van der Waals surface area contributed by atoms with E-state index in [0.29, 0.717) is 16.7 Å². The van der Waals surface area contributed by atoms with Gasteiger partial charge < -0.3 is 10.2 Å². The van der Waals surface area contributed by atoms with Crippen molar-refractivity contribution in [2.75, 3.05) is 23.3 Å². The highest BCUT2D eigenvalue weighted by Gasteiger charge is 2.27. The number of aromatic nitrogens is 4. The van der Waals surface area contributed by atoms with Gasteiger partial charge in [0, 0.05) is 17.6 Å². The molecule has 0 bridgehead atoms. The maximum atomic E-state index is 14.0. The number of hydrogen-bond donors (Lipinski definition) is 1. The number of amides is 1. The second kappa shape index (κ2) is 6.99. The number of nitrogens with one attached hydrogen (secondary N) is 1. The summed E-state index contributed by atoms with van der Waals surface area (Å²) in [6.07, 6.45) is 3.17. The highest BCUT2D eigenvalue weighted by atomic mass is 79.9. The summed E-state index contributed by atoms with van der Waals surface area (Å²) < 4.78 is 16.2. The number of piperidine rings is 1. The molecule has 134 valence electrons. The molecule has 0 spiro atoms. The van der Waals surface area contributed by atoms with Crippen LogP contribution in [0, 0.1) is 11.7 Å². The first-order valence-corrected chi connectivity index (χ1v) is 9.07. The van der Waals surface area contributed by atoms with E-state index in [1.165, 1.54) is 6.07 Å². The Labute approximate surface area is 157 Å². The predicted molar refractivity (Wildman–Crippen MR) is 98.4 cm³/mol. The first kappa shape index (κ1) is 16.9. The molecule has 1 amide bonds. The van der Waals surface area contributed by atoms with Crippen molar-refractivity contribution >= 4 is 39.0 Å². The first-order chi connectivity index (χ1) is 12.6. The fourth-order valence-electron chi connectivity index (χ4n) is 3.11. The Morgan fingerprint density at radius 2 is 2.19 bits per heavy atom. The Balaban J connectivity index is 1.48. The van der Waals surface area contributed by atoms with Crippen LogP contribution < -0.4 is 10.2 Å². The minimum atomic E-state index is -0.458. The van der Waals surface area contributed by atoms with E-state index in [0.717, 1.165) is 25.2 Å². The number of carbonyl (C=O) groups excluding carboxylic acids is 1. The summed E-state index contributed by atoms with van der Waals surface area (Å²) in [6.45, 7) is 1.35. The molecule has 0 unspecified atom stereocenters. The Kier molecular flexibility index (Phi) is 4.54. The molecule has 1 saturated heterocycles. The molecule has 3 aromatic rings. The lowest BCUT2D eigenvalue weighted by Gasteiger charge is -2.32. The summed E-state index contributed by atoms with van der Waals surface area (Å²) in [4.78, 5) is 14.7. The van der Waals surface area contributed by atoms with E-state index in [1.807, 2.05) is 12.1 Å². The van der Waals surface area contributed by atoms with Gasteiger partial charge in [-0.05, 0) is 43.2 Å². The van der Waals surface area contributed by atoms with Crippen LogP contribution in [0.15, 0.2) is 41.1 Å². The van der Waals surface area contributed by atoms with E-state index in [9.17, 15) is 9.18 Å². The SMILES string of the molecule is O=C(Nc1ccc(Br)cc1F)[C@H]1CCCN(c2ccc3nncn3n2)C1. The van der Waals surface area contributed by atoms with E-state index in [-0.39, 0.29) is 17.5 Å². The summed E-state index contributed by atoms with van der Waals surface area (Å²) in [5.41, 5.74) is 0.866. The van der Waals surface area contributed by atoms with Gasteiger partial charge in [-0.25, -0.2) is 4.39 Å². The molecule has 26 heavy (non-hydrogen) atoms. The number of hydrogen-bond acceptors (Lipinski definition) is 5. The molecule has 1 aromatic carbocycles. The average Bonchev–Trinajstić information content (AvgIpc) is 3.12. The van der Waals surface area contributed by atoms with Gasteiger partial charge in [0.25, 0.3) is 0 Å². The van der Waals surface area contributed by atoms with Gasteiger partial charge >= 0.3 is 0 Å². The summed E-state index contributed by atoms with van der Waals surface area (Å²) >= 11 is 3.21. The quantitative estimate of drug-likeness (QED) is 0.707. The Morgan fingerprint density at radius 1 is 1.31 bits per heavy atom. The zero-order valence-corrected chi connectivity index (χ0v) is 15.4. The van der Waals surface area contributed by atoms with Crippen molar-refractivity contribution < 1.29 is 9.18 Å². The molecule has 4 rings (SSSR count). The maximum absolute atomic E-state index is 14.0. The Bertz CT molecular complexity index is 961. The van der Waals surface area contributed by atoms with Gasteiger partial charge in [-0.2, -0.15) is 4.52 Å². The normalized spacial score (nSPS) is 17.5. The maximum Gasteiger partial charge on any atom is 0.229 e. The fourth-order valence-corrected chi connectivity index (χ4v) is 3.45. The molecule has 3 heterocycles. The third kappa shape index (κ3) is 3.39. The number of benzene rings is 1. The lowest BCUT2D eigenvalue weighted by molar-refractivity contribution is -0.120. The van der Waals surface area contributed by atoms with Crippen molar-refractivity contribution in [3.63, 3.8) is 0 Å². The van der Waals surface area contributed by atoms with Crippen molar-refractivity contribution in [1.82, 2.24) is 19.8 Å². The van der Waals surface area contributed by atoms with Gasteiger partial charge in [0.1, 0.15) is 18.0 Å². The molecular formula is C17H16BrFN6O. The number of anilines is 2. The molecule has 0 aliphatic carbocycles. The Morgan fingerprint density at radius 3 is 3.04 bits per heavy atom. The van der Waals surface area contributed by atoms with Crippen LogP contribution >= 0.6 is 15.9 Å². The molecule has 0 radical (unpaired) electrons. The molecular weight excluding hydrogens is 403 g/mol. The van der Waals surface area contributed by atoms with Crippen molar-refractivity contribution in [1.29, 1.82) is 0 Å². The minimum Gasteiger partial charge on any atom is -0.354 e. The van der Waals surface area contributed by atoms with E-state index in [2.05, 4.69) is 41.4 Å². The fraction of sp³-hybridized carbons (Fsp3) is 0.294. The molecule has 0 saturated carbocycles. The van der Waals surface area contributed by atoms with Crippen LogP contribution in [0.1, 0.15) is 12.8 Å². The van der Waals surface area contributed by atoms with E-state index in [1.54, 1.807) is 23.0 Å². The van der Waals surface area contributed by atoms with E-state index < -0.39 is 5.82 Å². The number of carbonyl (C=O) groups is 1. The third-order valence-corrected chi connectivity index (χ3v) is 4.95. The van der Waals surface area contributed by atoms with Crippen molar-refractivity contribution in [3.05, 3.63) is 46.9 Å². The van der Waals surface area contributed by atoms with E-state index >= 15 is 0 Å². The number of fused-ring (bicyclic) bond motifs is 1. The van der Waals surface area contributed by atoms with E-state index in [4.69, 9.17) is 0 Å². The minimum absolute atomic E-state index is 0.179. The summed E-state index contributed by atoms with van der Waals surface area (Å²) in [5.74, 6) is -0.101. The summed E-state index contributed by atoms with van der Waals surface area (Å²) in [6, 6.07) is 8.31. The van der Waals surface area contributed by atoms with Gasteiger partial charge in [0.15, 0.2) is 5.65 Å². The number of halogens is 2. The van der Waals surface area contributed by atoms with Crippen molar-refractivity contribution in [3.8, 4) is 0 Å². The third-order valence-electron chi connectivity index (χ3n) is 4.45. The molecule has 1 N–H and O–H groups in total. The molecule has 9 heteroatoms. The van der Waals surface area contributed by atoms with Gasteiger partial charge in [-0.1, -0.05) is 15.9 Å². The summed E-state index contributed by atoms with van der Waals surface area (Å²) in [5, 5.41) is 14.9. The molecule has 1 aliphatic heterocycles. The highest BCUT2D eigenvalue weighted by Crippen LogP contribution is 2.24. The van der Waals surface area contributed by atoms with Crippen molar-refractivity contribution in [2.45, 2.75) is 12.8 Å². The van der Waals surface area contributed by atoms with Gasteiger partial charge in [0.2, 0.25) is 5.91 Å². The van der Waals surface area contributed by atoms with Crippen LogP contribution in [0.3, 0.4) is 0 Å². The van der Waals surface area contributed by atoms with Crippen LogP contribution in [0.5, 0.6) is 0 Å². The molecule has 7 nitrogen and oxygen atoms in total. The van der Waals surface area contributed by atoms with Crippen molar-refractivity contribution in [2.24, 2.45) is 5.92 Å². The molecule has 1 atom stereocenters. The predicted octanol–water partition coefficient (Wildman–Crippen LogP) is 2.88. The average molecular weight is 419 g/mol. The molecule has 1 fully saturated rings. The second-order valence-electron chi connectivity index (χ2n) is 6.22. The number of nitrogens with zero attached hydrogens (tertiary/aromatic N) is 5. The van der Waals surface area contributed by atoms with Crippen LogP contribution in [0.25, 0.3) is 5.65 Å². The molecule has 2 aromatic heterocycles. The lowest BCUT2D eigenvalue weighted by atomic mass is 9.97. The largest absolute Gasteiger partial charge is 0.354 e. The van der Waals surface area contributed by atoms with Crippen LogP contribution in [-0.2, 0) is 4.79 Å². The molecule has 1 aliphatic rings. The zero-order valence-electron chi connectivity index (χ0n) is 13.8.